The van der Waals surface area contributed by atoms with Crippen molar-refractivity contribution in [3.8, 4) is 11.5 Å². The minimum atomic E-state index is -0.357. The van der Waals surface area contributed by atoms with Gasteiger partial charge in [-0.05, 0) is 24.3 Å². The van der Waals surface area contributed by atoms with Crippen LogP contribution in [-0.4, -0.2) is 53.6 Å². The zero-order chi connectivity index (χ0) is 19.9. The van der Waals surface area contributed by atoms with Gasteiger partial charge in [-0.25, -0.2) is 4.79 Å². The molecule has 1 fully saturated rings. The van der Waals surface area contributed by atoms with Crippen LogP contribution >= 0.6 is 0 Å². The van der Waals surface area contributed by atoms with Gasteiger partial charge in [-0.15, -0.1) is 0 Å². The Morgan fingerprint density at radius 1 is 1.11 bits per heavy atom. The van der Waals surface area contributed by atoms with E-state index in [9.17, 15) is 4.79 Å². The lowest BCUT2D eigenvalue weighted by molar-refractivity contribution is 0.0600. The SMILES string of the molecule is COC(=O)c1cc(NCc2cccc(OC)c2OC)ccc1N1CCOCC1. The van der Waals surface area contributed by atoms with Gasteiger partial charge in [0.15, 0.2) is 11.5 Å². The van der Waals surface area contributed by atoms with Gasteiger partial charge >= 0.3 is 5.97 Å². The molecule has 150 valence electrons. The number of para-hydroxylation sites is 1. The van der Waals surface area contributed by atoms with Crippen molar-refractivity contribution >= 4 is 17.3 Å². The second-order valence-corrected chi connectivity index (χ2v) is 6.33. The molecule has 1 aliphatic rings. The van der Waals surface area contributed by atoms with Gasteiger partial charge in [0, 0.05) is 30.9 Å². The predicted molar refractivity (Wildman–Crippen MR) is 108 cm³/mol. The molecule has 0 spiro atoms. The summed E-state index contributed by atoms with van der Waals surface area (Å²) in [4.78, 5) is 14.5. The van der Waals surface area contributed by atoms with Gasteiger partial charge in [0.05, 0.1) is 45.8 Å². The minimum absolute atomic E-state index is 0.357. The summed E-state index contributed by atoms with van der Waals surface area (Å²) in [6.45, 7) is 3.32. The third-order valence-electron chi connectivity index (χ3n) is 4.72. The summed E-state index contributed by atoms with van der Waals surface area (Å²) < 4.78 is 21.2. The van der Waals surface area contributed by atoms with E-state index in [-0.39, 0.29) is 5.97 Å². The highest BCUT2D eigenvalue weighted by Gasteiger charge is 2.20. The van der Waals surface area contributed by atoms with E-state index >= 15 is 0 Å². The maximum absolute atomic E-state index is 12.3. The number of hydrogen-bond acceptors (Lipinski definition) is 7. The molecule has 0 aliphatic carbocycles. The van der Waals surface area contributed by atoms with Crippen molar-refractivity contribution in [2.75, 3.05) is 57.8 Å². The molecule has 0 unspecified atom stereocenters. The number of esters is 1. The van der Waals surface area contributed by atoms with Crippen molar-refractivity contribution in [2.45, 2.75) is 6.54 Å². The second kappa shape index (κ2) is 9.32. The van der Waals surface area contributed by atoms with Gasteiger partial charge in [-0.3, -0.25) is 0 Å². The first-order chi connectivity index (χ1) is 13.7. The number of anilines is 2. The zero-order valence-corrected chi connectivity index (χ0v) is 16.5. The fourth-order valence-corrected chi connectivity index (χ4v) is 3.29. The van der Waals surface area contributed by atoms with Gasteiger partial charge in [0.1, 0.15) is 0 Å². The highest BCUT2D eigenvalue weighted by Crippen LogP contribution is 2.32. The first-order valence-corrected chi connectivity index (χ1v) is 9.16. The molecule has 0 bridgehead atoms. The third kappa shape index (κ3) is 4.31. The van der Waals surface area contributed by atoms with Crippen LogP contribution in [0.1, 0.15) is 15.9 Å². The predicted octanol–water partition coefficient (Wildman–Crippen LogP) is 2.94. The Hall–Kier alpha value is -2.93. The lowest BCUT2D eigenvalue weighted by Crippen LogP contribution is -2.37. The van der Waals surface area contributed by atoms with E-state index < -0.39 is 0 Å². The number of rotatable bonds is 7. The normalized spacial score (nSPS) is 13.8. The molecule has 1 N–H and O–H groups in total. The molecule has 0 aromatic heterocycles. The lowest BCUT2D eigenvalue weighted by Gasteiger charge is -2.30. The number of ether oxygens (including phenoxy) is 4. The summed E-state index contributed by atoms with van der Waals surface area (Å²) in [7, 11) is 4.63. The smallest absolute Gasteiger partial charge is 0.340 e. The Labute approximate surface area is 165 Å². The molecule has 1 aliphatic heterocycles. The van der Waals surface area contributed by atoms with Crippen molar-refractivity contribution in [1.82, 2.24) is 0 Å². The average molecular weight is 386 g/mol. The summed E-state index contributed by atoms with van der Waals surface area (Å²) in [5.74, 6) is 1.01. The monoisotopic (exact) mass is 386 g/mol. The molecule has 0 radical (unpaired) electrons. The number of nitrogens with one attached hydrogen (secondary N) is 1. The number of methoxy groups -OCH3 is 3. The van der Waals surface area contributed by atoms with Gasteiger partial charge < -0.3 is 29.2 Å². The molecule has 7 nitrogen and oxygen atoms in total. The fourth-order valence-electron chi connectivity index (χ4n) is 3.29. The quantitative estimate of drug-likeness (QED) is 0.734. The molecule has 2 aromatic rings. The Morgan fingerprint density at radius 3 is 2.57 bits per heavy atom. The largest absolute Gasteiger partial charge is 0.493 e. The number of hydrogen-bond donors (Lipinski definition) is 1. The highest BCUT2D eigenvalue weighted by atomic mass is 16.5. The van der Waals surface area contributed by atoms with Crippen LogP contribution in [0, 0.1) is 0 Å². The number of morpholine rings is 1. The van der Waals surface area contributed by atoms with Crippen molar-refractivity contribution in [2.24, 2.45) is 0 Å². The number of benzene rings is 2. The molecule has 0 atom stereocenters. The van der Waals surface area contributed by atoms with E-state index in [1.165, 1.54) is 7.11 Å². The third-order valence-corrected chi connectivity index (χ3v) is 4.72. The molecular weight excluding hydrogens is 360 g/mol. The van der Waals surface area contributed by atoms with Gasteiger partial charge in [0.25, 0.3) is 0 Å². The zero-order valence-electron chi connectivity index (χ0n) is 16.5. The van der Waals surface area contributed by atoms with Crippen LogP contribution < -0.4 is 19.7 Å². The highest BCUT2D eigenvalue weighted by molar-refractivity contribution is 5.97. The summed E-state index contributed by atoms with van der Waals surface area (Å²) in [6, 6.07) is 11.5. The van der Waals surface area contributed by atoms with Crippen LogP contribution in [0.5, 0.6) is 11.5 Å². The van der Waals surface area contributed by atoms with Crippen LogP contribution in [0.4, 0.5) is 11.4 Å². The summed E-state index contributed by atoms with van der Waals surface area (Å²) in [5, 5.41) is 3.35. The van der Waals surface area contributed by atoms with Crippen LogP contribution in [0.3, 0.4) is 0 Å². The van der Waals surface area contributed by atoms with Gasteiger partial charge in [-0.2, -0.15) is 0 Å². The standard InChI is InChI=1S/C21H26N2O5/c1-25-19-6-4-5-15(20(19)26-2)14-22-16-7-8-18(17(13-16)21(24)27-3)23-9-11-28-12-10-23/h4-8,13,22H,9-12,14H2,1-3H3. The van der Waals surface area contributed by atoms with Crippen LogP contribution in [0.25, 0.3) is 0 Å². The number of nitrogens with zero attached hydrogens (tertiary/aromatic N) is 1. The summed E-state index contributed by atoms with van der Waals surface area (Å²) in [5.41, 5.74) is 3.17. The Morgan fingerprint density at radius 2 is 1.89 bits per heavy atom. The molecule has 28 heavy (non-hydrogen) atoms. The average Bonchev–Trinajstić information content (AvgIpc) is 2.77. The lowest BCUT2D eigenvalue weighted by atomic mass is 10.1. The number of carbonyl (C=O) groups is 1. The molecule has 0 amide bonds. The first-order valence-electron chi connectivity index (χ1n) is 9.16. The summed E-state index contributed by atoms with van der Waals surface area (Å²) >= 11 is 0. The number of carbonyl (C=O) groups excluding carboxylic acids is 1. The van der Waals surface area contributed by atoms with Crippen LogP contribution in [-0.2, 0) is 16.0 Å². The molecule has 7 heteroatoms. The molecule has 1 heterocycles. The van der Waals surface area contributed by atoms with Crippen LogP contribution in [0.2, 0.25) is 0 Å². The van der Waals surface area contributed by atoms with Gasteiger partial charge in [0.2, 0.25) is 0 Å². The molecule has 3 rings (SSSR count). The van der Waals surface area contributed by atoms with E-state index in [1.807, 2.05) is 36.4 Å². The topological polar surface area (TPSA) is 69.3 Å². The maximum Gasteiger partial charge on any atom is 0.340 e. The molecule has 1 saturated heterocycles. The molecule has 0 saturated carbocycles. The summed E-state index contributed by atoms with van der Waals surface area (Å²) in [6.07, 6.45) is 0. The van der Waals surface area contributed by atoms with Crippen molar-refractivity contribution in [3.63, 3.8) is 0 Å². The van der Waals surface area contributed by atoms with Crippen molar-refractivity contribution in [1.29, 1.82) is 0 Å². The fraction of sp³-hybridized carbons (Fsp3) is 0.381. The van der Waals surface area contributed by atoms with Crippen molar-refractivity contribution in [3.05, 3.63) is 47.5 Å². The van der Waals surface area contributed by atoms with E-state index in [0.717, 1.165) is 30.0 Å². The molecular formula is C21H26N2O5. The second-order valence-electron chi connectivity index (χ2n) is 6.33. The minimum Gasteiger partial charge on any atom is -0.493 e. The Bertz CT molecular complexity index is 818. The van der Waals surface area contributed by atoms with Gasteiger partial charge in [-0.1, -0.05) is 12.1 Å². The van der Waals surface area contributed by atoms with E-state index in [4.69, 9.17) is 18.9 Å². The Kier molecular flexibility index (Phi) is 6.60. The van der Waals surface area contributed by atoms with E-state index in [2.05, 4.69) is 10.2 Å². The first kappa shape index (κ1) is 19.8. The van der Waals surface area contributed by atoms with E-state index in [1.54, 1.807) is 14.2 Å². The van der Waals surface area contributed by atoms with Crippen LogP contribution in [0.15, 0.2) is 36.4 Å². The van der Waals surface area contributed by atoms with Crippen molar-refractivity contribution < 1.29 is 23.7 Å². The molecule has 2 aromatic carbocycles. The maximum atomic E-state index is 12.3. The Balaban J connectivity index is 1.82. The van der Waals surface area contributed by atoms with E-state index in [0.29, 0.717) is 36.8 Å².